The van der Waals surface area contributed by atoms with Gasteiger partial charge in [0.1, 0.15) is 5.82 Å². The summed E-state index contributed by atoms with van der Waals surface area (Å²) in [5.41, 5.74) is 5.49. The first kappa shape index (κ1) is 21.9. The van der Waals surface area contributed by atoms with Crippen molar-refractivity contribution in [2.45, 2.75) is 39.5 Å². The fourth-order valence-electron chi connectivity index (χ4n) is 3.62. The zero-order valence-electron chi connectivity index (χ0n) is 18.5. The van der Waals surface area contributed by atoms with Crippen molar-refractivity contribution in [3.63, 3.8) is 0 Å². The van der Waals surface area contributed by atoms with Crippen molar-refractivity contribution >= 4 is 23.1 Å². The van der Waals surface area contributed by atoms with E-state index in [2.05, 4.69) is 48.4 Å². The molecular weight excluding hydrogens is 414 g/mol. The van der Waals surface area contributed by atoms with Gasteiger partial charge in [0, 0.05) is 18.2 Å². The SMILES string of the molecule is CCCc1nc(-c2cccc(C)c2)c(-c2ccnc(NC(=O)CCc3ccccc3)c2)s1. The van der Waals surface area contributed by atoms with Crippen LogP contribution in [-0.2, 0) is 17.6 Å². The summed E-state index contributed by atoms with van der Waals surface area (Å²) in [6.07, 6.45) is 4.89. The standard InChI is InChI=1S/C27H27N3OS/c1-3-8-25-30-26(21-12-7-9-19(2)17-21)27(32-25)22-15-16-28-23(18-22)29-24(31)14-13-20-10-5-4-6-11-20/h4-7,9-12,15-18H,3,8,13-14H2,1-2H3,(H,28,29,31). The van der Waals surface area contributed by atoms with Crippen LogP contribution in [0, 0.1) is 6.92 Å². The number of thiazole rings is 1. The number of anilines is 1. The smallest absolute Gasteiger partial charge is 0.225 e. The lowest BCUT2D eigenvalue weighted by Gasteiger charge is -2.08. The highest BCUT2D eigenvalue weighted by molar-refractivity contribution is 7.15. The minimum absolute atomic E-state index is 0.0339. The van der Waals surface area contributed by atoms with Gasteiger partial charge in [0.2, 0.25) is 5.91 Å². The highest BCUT2D eigenvalue weighted by atomic mass is 32.1. The second kappa shape index (κ2) is 10.3. The van der Waals surface area contributed by atoms with Gasteiger partial charge in [-0.2, -0.15) is 0 Å². The summed E-state index contributed by atoms with van der Waals surface area (Å²) in [4.78, 5) is 22.9. The van der Waals surface area contributed by atoms with Crippen LogP contribution in [0.5, 0.6) is 0 Å². The molecule has 0 spiro atoms. The molecule has 0 saturated carbocycles. The van der Waals surface area contributed by atoms with Crippen LogP contribution in [0.15, 0.2) is 72.9 Å². The number of carbonyl (C=O) groups is 1. The quantitative estimate of drug-likeness (QED) is 0.331. The van der Waals surface area contributed by atoms with Crippen LogP contribution in [0.2, 0.25) is 0 Å². The first-order chi connectivity index (χ1) is 15.6. The molecule has 4 aromatic rings. The molecule has 0 saturated heterocycles. The van der Waals surface area contributed by atoms with Gasteiger partial charge in [-0.3, -0.25) is 4.79 Å². The molecule has 0 fully saturated rings. The van der Waals surface area contributed by atoms with E-state index in [9.17, 15) is 4.79 Å². The van der Waals surface area contributed by atoms with E-state index in [-0.39, 0.29) is 5.91 Å². The third-order valence-corrected chi connectivity index (χ3v) is 6.36. The number of benzene rings is 2. The topological polar surface area (TPSA) is 54.9 Å². The Bertz CT molecular complexity index is 1200. The Balaban J connectivity index is 1.56. The molecule has 0 aliphatic rings. The lowest BCUT2D eigenvalue weighted by Crippen LogP contribution is -2.13. The van der Waals surface area contributed by atoms with Gasteiger partial charge in [0.15, 0.2) is 0 Å². The Labute approximate surface area is 193 Å². The van der Waals surface area contributed by atoms with Crippen LogP contribution in [0.1, 0.15) is 35.9 Å². The molecule has 5 heteroatoms. The number of carbonyl (C=O) groups excluding carboxylic acids is 1. The first-order valence-electron chi connectivity index (χ1n) is 11.0. The van der Waals surface area contributed by atoms with Crippen LogP contribution in [-0.4, -0.2) is 15.9 Å². The molecule has 4 nitrogen and oxygen atoms in total. The van der Waals surface area contributed by atoms with E-state index < -0.39 is 0 Å². The van der Waals surface area contributed by atoms with Crippen LogP contribution in [0.25, 0.3) is 21.7 Å². The van der Waals surface area contributed by atoms with Crippen molar-refractivity contribution in [2.24, 2.45) is 0 Å². The second-order valence-electron chi connectivity index (χ2n) is 7.87. The third-order valence-electron chi connectivity index (χ3n) is 5.20. The van der Waals surface area contributed by atoms with Gasteiger partial charge in [0.25, 0.3) is 0 Å². The van der Waals surface area contributed by atoms with E-state index >= 15 is 0 Å². The highest BCUT2D eigenvalue weighted by Gasteiger charge is 2.16. The number of amides is 1. The Morgan fingerprint density at radius 1 is 0.969 bits per heavy atom. The minimum atomic E-state index is -0.0339. The Morgan fingerprint density at radius 3 is 2.59 bits per heavy atom. The average molecular weight is 442 g/mol. The van der Waals surface area contributed by atoms with Crippen LogP contribution in [0.3, 0.4) is 0 Å². The maximum Gasteiger partial charge on any atom is 0.225 e. The van der Waals surface area contributed by atoms with Crippen molar-refractivity contribution in [1.29, 1.82) is 0 Å². The molecule has 0 bridgehead atoms. The molecule has 0 unspecified atom stereocenters. The summed E-state index contributed by atoms with van der Waals surface area (Å²) < 4.78 is 0. The van der Waals surface area contributed by atoms with E-state index in [1.54, 1.807) is 17.5 Å². The van der Waals surface area contributed by atoms with Gasteiger partial charge in [-0.25, -0.2) is 9.97 Å². The summed E-state index contributed by atoms with van der Waals surface area (Å²) in [6, 6.07) is 22.4. The first-order valence-corrected chi connectivity index (χ1v) is 11.8. The van der Waals surface area contributed by atoms with Crippen LogP contribution < -0.4 is 5.32 Å². The summed E-state index contributed by atoms with van der Waals surface area (Å²) in [5, 5.41) is 4.09. The highest BCUT2D eigenvalue weighted by Crippen LogP contribution is 2.38. The molecule has 0 aliphatic heterocycles. The number of hydrogen-bond acceptors (Lipinski definition) is 4. The van der Waals surface area contributed by atoms with E-state index in [1.165, 1.54) is 5.56 Å². The van der Waals surface area contributed by atoms with Gasteiger partial charge in [-0.05, 0) is 55.5 Å². The third kappa shape index (κ3) is 5.48. The average Bonchev–Trinajstić information content (AvgIpc) is 3.23. The number of hydrogen-bond donors (Lipinski definition) is 1. The maximum atomic E-state index is 12.5. The lowest BCUT2D eigenvalue weighted by molar-refractivity contribution is -0.116. The fraction of sp³-hybridized carbons (Fsp3) is 0.222. The molecule has 0 radical (unpaired) electrons. The molecule has 1 amide bonds. The molecule has 1 N–H and O–H groups in total. The normalized spacial score (nSPS) is 10.8. The van der Waals surface area contributed by atoms with Crippen molar-refractivity contribution in [2.75, 3.05) is 5.32 Å². The van der Waals surface area contributed by atoms with E-state index in [0.29, 0.717) is 18.7 Å². The van der Waals surface area contributed by atoms with Crippen molar-refractivity contribution in [1.82, 2.24) is 9.97 Å². The largest absolute Gasteiger partial charge is 0.311 e. The summed E-state index contributed by atoms with van der Waals surface area (Å²) in [6.45, 7) is 4.26. The molecule has 2 aromatic heterocycles. The summed E-state index contributed by atoms with van der Waals surface area (Å²) in [5.74, 6) is 0.537. The number of aryl methyl sites for hydroxylation is 3. The van der Waals surface area contributed by atoms with E-state index in [4.69, 9.17) is 4.98 Å². The molecule has 0 aliphatic carbocycles. The van der Waals surface area contributed by atoms with E-state index in [1.807, 2.05) is 42.5 Å². The molecule has 162 valence electrons. The van der Waals surface area contributed by atoms with E-state index in [0.717, 1.165) is 45.1 Å². The minimum Gasteiger partial charge on any atom is -0.311 e. The Morgan fingerprint density at radius 2 is 1.81 bits per heavy atom. The molecule has 0 atom stereocenters. The molecule has 32 heavy (non-hydrogen) atoms. The van der Waals surface area contributed by atoms with Crippen molar-refractivity contribution in [3.8, 4) is 21.7 Å². The van der Waals surface area contributed by atoms with Gasteiger partial charge in [0.05, 0.1) is 15.6 Å². The van der Waals surface area contributed by atoms with Gasteiger partial charge in [-0.15, -0.1) is 11.3 Å². The number of nitrogens with one attached hydrogen (secondary N) is 1. The van der Waals surface area contributed by atoms with Crippen LogP contribution >= 0.6 is 11.3 Å². The summed E-state index contributed by atoms with van der Waals surface area (Å²) in [7, 11) is 0. The maximum absolute atomic E-state index is 12.5. The van der Waals surface area contributed by atoms with Crippen LogP contribution in [0.4, 0.5) is 5.82 Å². The second-order valence-corrected chi connectivity index (χ2v) is 8.95. The molecular formula is C27H27N3OS. The van der Waals surface area contributed by atoms with Gasteiger partial charge < -0.3 is 5.32 Å². The van der Waals surface area contributed by atoms with Crippen molar-refractivity contribution < 1.29 is 4.79 Å². The predicted molar refractivity (Wildman–Crippen MR) is 133 cm³/mol. The number of aromatic nitrogens is 2. The Hall–Kier alpha value is -3.31. The number of pyridine rings is 1. The predicted octanol–water partition coefficient (Wildman–Crippen LogP) is 6.70. The summed E-state index contributed by atoms with van der Waals surface area (Å²) >= 11 is 1.72. The molecule has 2 aromatic carbocycles. The molecule has 2 heterocycles. The monoisotopic (exact) mass is 441 g/mol. The fourth-order valence-corrected chi connectivity index (χ4v) is 4.80. The lowest BCUT2D eigenvalue weighted by atomic mass is 10.1. The molecule has 4 rings (SSSR count). The van der Waals surface area contributed by atoms with Gasteiger partial charge in [-0.1, -0.05) is 61.0 Å². The van der Waals surface area contributed by atoms with Crippen molar-refractivity contribution in [3.05, 3.63) is 89.1 Å². The number of rotatable bonds is 8. The zero-order chi connectivity index (χ0) is 22.3. The zero-order valence-corrected chi connectivity index (χ0v) is 19.3. The Kier molecular flexibility index (Phi) is 7.07. The van der Waals surface area contributed by atoms with Gasteiger partial charge >= 0.3 is 0 Å². The number of nitrogens with zero attached hydrogens (tertiary/aromatic N) is 2.